The van der Waals surface area contributed by atoms with Crippen LogP contribution in [-0.2, 0) is 14.8 Å². The van der Waals surface area contributed by atoms with Crippen molar-refractivity contribution >= 4 is 44.0 Å². The van der Waals surface area contributed by atoms with Gasteiger partial charge >= 0.3 is 6.03 Å². The van der Waals surface area contributed by atoms with Gasteiger partial charge in [-0.2, -0.15) is 5.10 Å². The van der Waals surface area contributed by atoms with E-state index in [2.05, 4.69) is 20.0 Å². The van der Waals surface area contributed by atoms with E-state index in [-0.39, 0.29) is 22.1 Å². The average Bonchev–Trinajstić information content (AvgIpc) is 3.32. The van der Waals surface area contributed by atoms with E-state index in [1.54, 1.807) is 17.2 Å². The highest BCUT2D eigenvalue weighted by molar-refractivity contribution is 7.89. The van der Waals surface area contributed by atoms with Crippen molar-refractivity contribution in [2.75, 3.05) is 51.3 Å². The Morgan fingerprint density at radius 3 is 2.51 bits per heavy atom. The van der Waals surface area contributed by atoms with Gasteiger partial charge < -0.3 is 19.4 Å². The topological polar surface area (TPSA) is 126 Å². The number of nitrogens with one attached hydrogen (secondary N) is 1. The number of nitrogens with zero attached hydrogens (tertiary/aromatic N) is 7. The van der Waals surface area contributed by atoms with Crippen LogP contribution in [0.5, 0.6) is 0 Å². The Bertz CT molecular complexity index is 1540. The van der Waals surface area contributed by atoms with Crippen LogP contribution < -0.4 is 9.62 Å². The maximum Gasteiger partial charge on any atom is 0.320 e. The highest BCUT2D eigenvalue weighted by Crippen LogP contribution is 2.38. The Kier molecular flexibility index (Phi) is 7.36. The van der Waals surface area contributed by atoms with E-state index < -0.39 is 27.0 Å². The lowest BCUT2D eigenvalue weighted by atomic mass is 10.1. The molecule has 2 aromatic heterocycles. The van der Waals surface area contributed by atoms with Crippen molar-refractivity contribution in [3.8, 4) is 5.13 Å². The number of urea groups is 1. The number of fused-ring (bicyclic) bond motifs is 1. The molecule has 3 fully saturated rings. The van der Waals surface area contributed by atoms with Gasteiger partial charge in [0.1, 0.15) is 0 Å². The number of carbonyl (C=O) groups is 1. The van der Waals surface area contributed by atoms with E-state index in [1.165, 1.54) is 10.7 Å². The third-order valence-electron chi connectivity index (χ3n) is 8.06. The maximum absolute atomic E-state index is 13.4. The number of ether oxygens (including phenoxy) is 1. The Hall–Kier alpha value is -2.95. The first-order valence-electron chi connectivity index (χ1n) is 13.6. The fraction of sp³-hybridized carbons (Fsp3) is 0.600. The normalized spacial score (nSPS) is 19.7. The number of sulfonamides is 1. The van der Waals surface area contributed by atoms with Crippen LogP contribution in [0, 0.1) is 0 Å². The number of rotatable bonds is 7. The monoisotopic (exact) mass is 610 g/mol. The standard InChI is InChI=1S/C25H32F2N8O4S2/c1-25(5-6-25)31-41(37,38)17-13-19(18-15-28-35(20(18)14-17)23-30-29-22(40-23)21(26)27)33-7-9-34(10-8-33)24(36)32(2)16-3-11-39-12-4-16/h13-16,21,31H,3-12H2,1-2H3. The first-order valence-corrected chi connectivity index (χ1v) is 15.9. The van der Waals surface area contributed by atoms with Crippen LogP contribution in [0.3, 0.4) is 0 Å². The summed E-state index contributed by atoms with van der Waals surface area (Å²) >= 11 is 0.699. The molecule has 3 aliphatic rings. The molecule has 2 amide bonds. The molecule has 222 valence electrons. The Balaban J connectivity index is 1.30. The summed E-state index contributed by atoms with van der Waals surface area (Å²) in [6.45, 7) is 5.04. The molecule has 1 saturated carbocycles. The fourth-order valence-corrected chi connectivity index (χ4v) is 7.49. The molecule has 0 radical (unpaired) electrons. The Morgan fingerprint density at radius 2 is 1.88 bits per heavy atom. The zero-order chi connectivity index (χ0) is 28.9. The fourth-order valence-electron chi connectivity index (χ4n) is 5.32. The Morgan fingerprint density at radius 1 is 1.17 bits per heavy atom. The van der Waals surface area contributed by atoms with E-state index in [9.17, 15) is 22.0 Å². The highest BCUT2D eigenvalue weighted by atomic mass is 32.2. The second-order valence-electron chi connectivity index (χ2n) is 11.0. The van der Waals surface area contributed by atoms with Gasteiger partial charge in [0, 0.05) is 69.1 Å². The van der Waals surface area contributed by atoms with Crippen LogP contribution in [0.15, 0.2) is 23.2 Å². The predicted octanol–water partition coefficient (Wildman–Crippen LogP) is 3.00. The summed E-state index contributed by atoms with van der Waals surface area (Å²) in [7, 11) is -2.06. The third-order valence-corrected chi connectivity index (χ3v) is 10.6. The van der Waals surface area contributed by atoms with Gasteiger partial charge in [0.05, 0.1) is 16.6 Å². The number of hydrogen-bond donors (Lipinski definition) is 1. The van der Waals surface area contributed by atoms with E-state index in [0.717, 1.165) is 25.7 Å². The molecule has 1 N–H and O–H groups in total. The van der Waals surface area contributed by atoms with Crippen LogP contribution in [0.2, 0.25) is 0 Å². The summed E-state index contributed by atoms with van der Waals surface area (Å²) in [5.41, 5.74) is 0.569. The van der Waals surface area contributed by atoms with Gasteiger partial charge in [0.25, 0.3) is 6.43 Å². The van der Waals surface area contributed by atoms with Crippen LogP contribution in [0.4, 0.5) is 19.3 Å². The van der Waals surface area contributed by atoms with Gasteiger partial charge in [-0.1, -0.05) is 11.3 Å². The SMILES string of the molecule is CN(C(=O)N1CCN(c2cc(S(=O)(=O)NC3(C)CC3)cc3c2cnn3-c2nnc(C(F)F)s2)CC1)C1CCOCC1. The van der Waals surface area contributed by atoms with Gasteiger partial charge in [-0.05, 0) is 44.7 Å². The number of piperazine rings is 1. The summed E-state index contributed by atoms with van der Waals surface area (Å²) in [6.07, 6.45) is 1.93. The first-order chi connectivity index (χ1) is 19.5. The van der Waals surface area contributed by atoms with Gasteiger partial charge in [-0.25, -0.2) is 31.4 Å². The minimum Gasteiger partial charge on any atom is -0.381 e. The molecule has 1 aromatic carbocycles. The average molecular weight is 611 g/mol. The van der Waals surface area contributed by atoms with Crippen molar-refractivity contribution in [1.82, 2.24) is 34.5 Å². The molecule has 16 heteroatoms. The molecule has 12 nitrogen and oxygen atoms in total. The van der Waals surface area contributed by atoms with Crippen LogP contribution in [-0.4, -0.2) is 102 Å². The Labute approximate surface area is 240 Å². The van der Waals surface area contributed by atoms with Gasteiger partial charge in [-0.15, -0.1) is 10.2 Å². The number of anilines is 1. The molecule has 2 aliphatic heterocycles. The summed E-state index contributed by atoms with van der Waals surface area (Å²) in [5, 5.41) is 12.1. The molecule has 6 rings (SSSR count). The number of carbonyl (C=O) groups excluding carboxylic acids is 1. The summed E-state index contributed by atoms with van der Waals surface area (Å²) in [6, 6.07) is 3.23. The molecule has 4 heterocycles. The lowest BCUT2D eigenvalue weighted by Crippen LogP contribution is -2.54. The quantitative estimate of drug-likeness (QED) is 0.433. The van der Waals surface area contributed by atoms with Crippen molar-refractivity contribution in [2.24, 2.45) is 0 Å². The van der Waals surface area contributed by atoms with E-state index in [4.69, 9.17) is 4.74 Å². The van der Waals surface area contributed by atoms with Crippen LogP contribution in [0.25, 0.3) is 16.0 Å². The molecule has 0 unspecified atom stereocenters. The van der Waals surface area contributed by atoms with Gasteiger partial charge in [-0.3, -0.25) is 0 Å². The molecule has 41 heavy (non-hydrogen) atoms. The van der Waals surface area contributed by atoms with Crippen LogP contribution in [0.1, 0.15) is 44.0 Å². The number of hydrogen-bond acceptors (Lipinski definition) is 9. The molecular weight excluding hydrogens is 578 g/mol. The third kappa shape index (κ3) is 5.61. The summed E-state index contributed by atoms with van der Waals surface area (Å²) in [5.74, 6) is 0. The van der Waals surface area contributed by atoms with Crippen molar-refractivity contribution < 1.29 is 26.7 Å². The van der Waals surface area contributed by atoms with E-state index in [1.807, 2.05) is 23.8 Å². The summed E-state index contributed by atoms with van der Waals surface area (Å²) in [4.78, 5) is 18.9. The van der Waals surface area contributed by atoms with Crippen molar-refractivity contribution in [1.29, 1.82) is 0 Å². The summed E-state index contributed by atoms with van der Waals surface area (Å²) < 4.78 is 62.9. The second-order valence-corrected chi connectivity index (χ2v) is 13.7. The zero-order valence-corrected chi connectivity index (χ0v) is 24.4. The first kappa shape index (κ1) is 28.2. The molecule has 0 spiro atoms. The zero-order valence-electron chi connectivity index (χ0n) is 22.8. The van der Waals surface area contributed by atoms with Gasteiger partial charge in [0.15, 0.2) is 5.01 Å². The molecule has 1 aliphatic carbocycles. The molecule has 0 atom stereocenters. The smallest absolute Gasteiger partial charge is 0.320 e. The molecule has 3 aromatic rings. The maximum atomic E-state index is 13.4. The van der Waals surface area contributed by atoms with Crippen LogP contribution >= 0.6 is 11.3 Å². The van der Waals surface area contributed by atoms with Crippen molar-refractivity contribution in [3.05, 3.63) is 23.3 Å². The number of benzene rings is 1. The van der Waals surface area contributed by atoms with E-state index in [0.29, 0.717) is 67.3 Å². The highest BCUT2D eigenvalue weighted by Gasteiger charge is 2.41. The number of alkyl halides is 2. The van der Waals surface area contributed by atoms with Crippen molar-refractivity contribution in [3.63, 3.8) is 0 Å². The number of halogens is 2. The number of aromatic nitrogens is 4. The van der Waals surface area contributed by atoms with E-state index >= 15 is 0 Å². The minimum atomic E-state index is -3.89. The van der Waals surface area contributed by atoms with Gasteiger partial charge in [0.2, 0.25) is 15.2 Å². The molecular formula is C25H32F2N8O4S2. The molecule has 2 saturated heterocycles. The minimum absolute atomic E-state index is 0.0289. The molecule has 0 bridgehead atoms. The largest absolute Gasteiger partial charge is 0.381 e. The lowest BCUT2D eigenvalue weighted by molar-refractivity contribution is 0.0461. The number of amides is 2. The predicted molar refractivity (Wildman–Crippen MR) is 148 cm³/mol. The second kappa shape index (κ2) is 10.7. The van der Waals surface area contributed by atoms with Crippen molar-refractivity contribution in [2.45, 2.75) is 55.5 Å². The lowest BCUT2D eigenvalue weighted by Gasteiger charge is -2.40.